The maximum absolute atomic E-state index is 11.1. The van der Waals surface area contributed by atoms with Gasteiger partial charge < -0.3 is 5.73 Å². The van der Waals surface area contributed by atoms with Crippen LogP contribution in [0.1, 0.15) is 51.9 Å². The van der Waals surface area contributed by atoms with Crippen molar-refractivity contribution in [3.8, 4) is 0 Å². The molecule has 0 aromatic carbocycles. The molecule has 0 radical (unpaired) electrons. The lowest BCUT2D eigenvalue weighted by Crippen LogP contribution is -2.35. The monoisotopic (exact) mass is 261 g/mol. The maximum Gasteiger partial charge on any atom is 0.147 e. The molecule has 0 spiro atoms. The normalized spacial score (nSPS) is 30.4. The van der Waals surface area contributed by atoms with Crippen molar-refractivity contribution < 1.29 is 8.42 Å². The van der Waals surface area contributed by atoms with Gasteiger partial charge >= 0.3 is 0 Å². The van der Waals surface area contributed by atoms with Crippen LogP contribution in [0.5, 0.6) is 0 Å². The first-order chi connectivity index (χ1) is 7.91. The van der Waals surface area contributed by atoms with Crippen LogP contribution in [0, 0.1) is 11.3 Å². The molecule has 1 aliphatic carbocycles. The zero-order valence-corrected chi connectivity index (χ0v) is 12.1. The van der Waals surface area contributed by atoms with Gasteiger partial charge in [-0.15, -0.1) is 0 Å². The molecule has 2 N–H and O–H groups in total. The number of sulfone groups is 1. The van der Waals surface area contributed by atoms with Crippen LogP contribution in [0.2, 0.25) is 0 Å². The third-order valence-electron chi connectivity index (χ3n) is 4.40. The Labute approximate surface area is 106 Å². The van der Waals surface area contributed by atoms with Crippen molar-refractivity contribution in [2.75, 3.05) is 18.6 Å². The highest BCUT2D eigenvalue weighted by Gasteiger charge is 2.33. The van der Waals surface area contributed by atoms with Gasteiger partial charge in [0.05, 0.1) is 0 Å². The summed E-state index contributed by atoms with van der Waals surface area (Å²) in [4.78, 5) is 0. The van der Waals surface area contributed by atoms with Gasteiger partial charge in [0.25, 0.3) is 0 Å². The number of nitrogens with two attached hydrogens (primary N) is 1. The van der Waals surface area contributed by atoms with Gasteiger partial charge in [0.1, 0.15) is 9.84 Å². The third kappa shape index (κ3) is 4.96. The molecule has 17 heavy (non-hydrogen) atoms. The highest BCUT2D eigenvalue weighted by Crippen LogP contribution is 2.42. The van der Waals surface area contributed by atoms with Crippen molar-refractivity contribution in [1.82, 2.24) is 0 Å². The third-order valence-corrected chi connectivity index (χ3v) is 5.43. The van der Waals surface area contributed by atoms with Crippen LogP contribution in [0.3, 0.4) is 0 Å². The Morgan fingerprint density at radius 3 is 2.29 bits per heavy atom. The molecule has 1 rings (SSSR count). The van der Waals surface area contributed by atoms with Gasteiger partial charge in [0.2, 0.25) is 0 Å². The molecule has 0 saturated heterocycles. The Bertz CT molecular complexity index is 316. The SMILES string of the molecule is CCC1CCC(CN)(CCCS(C)(=O)=O)CC1. The predicted molar refractivity (Wildman–Crippen MR) is 72.7 cm³/mol. The van der Waals surface area contributed by atoms with E-state index >= 15 is 0 Å². The predicted octanol–water partition coefficient (Wildman–Crippen LogP) is 2.36. The Morgan fingerprint density at radius 1 is 1.29 bits per heavy atom. The van der Waals surface area contributed by atoms with Gasteiger partial charge in [-0.1, -0.05) is 13.3 Å². The summed E-state index contributed by atoms with van der Waals surface area (Å²) in [6.45, 7) is 2.97. The summed E-state index contributed by atoms with van der Waals surface area (Å²) in [5.41, 5.74) is 6.16. The lowest BCUT2D eigenvalue weighted by molar-refractivity contribution is 0.141. The second-order valence-corrected chi connectivity index (χ2v) is 8.05. The van der Waals surface area contributed by atoms with Crippen LogP contribution in [0.4, 0.5) is 0 Å². The van der Waals surface area contributed by atoms with Gasteiger partial charge in [-0.3, -0.25) is 0 Å². The van der Waals surface area contributed by atoms with Crippen LogP contribution in [0.25, 0.3) is 0 Å². The summed E-state index contributed by atoms with van der Waals surface area (Å²) in [7, 11) is -2.82. The Morgan fingerprint density at radius 2 is 1.88 bits per heavy atom. The highest BCUT2D eigenvalue weighted by atomic mass is 32.2. The summed E-state index contributed by atoms with van der Waals surface area (Å²) < 4.78 is 22.3. The Balaban J connectivity index is 2.42. The van der Waals surface area contributed by atoms with Crippen LogP contribution in [0.15, 0.2) is 0 Å². The average Bonchev–Trinajstić information content (AvgIpc) is 2.28. The van der Waals surface area contributed by atoms with Gasteiger partial charge in [-0.2, -0.15) is 0 Å². The highest BCUT2D eigenvalue weighted by molar-refractivity contribution is 7.90. The zero-order chi connectivity index (χ0) is 12.9. The maximum atomic E-state index is 11.1. The molecule has 4 heteroatoms. The number of hydrogen-bond donors (Lipinski definition) is 1. The van der Waals surface area contributed by atoms with Crippen molar-refractivity contribution >= 4 is 9.84 Å². The van der Waals surface area contributed by atoms with Crippen molar-refractivity contribution in [1.29, 1.82) is 0 Å². The molecule has 0 amide bonds. The van der Waals surface area contributed by atoms with E-state index in [0.717, 1.165) is 18.8 Å². The molecule has 1 aliphatic rings. The summed E-state index contributed by atoms with van der Waals surface area (Å²) in [5.74, 6) is 1.18. The largest absolute Gasteiger partial charge is 0.330 e. The summed E-state index contributed by atoms with van der Waals surface area (Å²) >= 11 is 0. The first-order valence-electron chi connectivity index (χ1n) is 6.78. The van der Waals surface area contributed by atoms with Gasteiger partial charge in [-0.05, 0) is 56.4 Å². The van der Waals surface area contributed by atoms with Crippen LogP contribution < -0.4 is 5.73 Å². The Kier molecular flexibility index (Phi) is 5.45. The van der Waals surface area contributed by atoms with E-state index in [0.29, 0.717) is 12.3 Å². The zero-order valence-electron chi connectivity index (χ0n) is 11.2. The van der Waals surface area contributed by atoms with Gasteiger partial charge in [-0.25, -0.2) is 8.42 Å². The van der Waals surface area contributed by atoms with Crippen LogP contribution >= 0.6 is 0 Å². The van der Waals surface area contributed by atoms with E-state index in [2.05, 4.69) is 6.92 Å². The molecule has 1 fully saturated rings. The second-order valence-electron chi connectivity index (χ2n) is 5.79. The molecule has 0 heterocycles. The minimum atomic E-state index is -2.82. The fourth-order valence-electron chi connectivity index (χ4n) is 2.96. The summed E-state index contributed by atoms with van der Waals surface area (Å²) in [6, 6.07) is 0. The molecule has 0 unspecified atom stereocenters. The van der Waals surface area contributed by atoms with E-state index in [1.54, 1.807) is 0 Å². The fraction of sp³-hybridized carbons (Fsp3) is 1.00. The van der Waals surface area contributed by atoms with Crippen molar-refractivity contribution in [3.05, 3.63) is 0 Å². The standard InChI is InChI=1S/C13H27NO2S/c1-3-12-5-8-13(11-14,9-6-12)7-4-10-17(2,15)16/h12H,3-11,14H2,1-2H3. The lowest BCUT2D eigenvalue weighted by Gasteiger charge is -2.39. The molecule has 0 atom stereocenters. The minimum Gasteiger partial charge on any atom is -0.330 e. The molecule has 0 aromatic rings. The summed E-state index contributed by atoms with van der Waals surface area (Å²) in [6.07, 6.45) is 9.25. The van der Waals surface area contributed by atoms with Gasteiger partial charge in [0.15, 0.2) is 0 Å². The molecule has 3 nitrogen and oxygen atoms in total. The first-order valence-corrected chi connectivity index (χ1v) is 8.85. The minimum absolute atomic E-state index is 0.232. The topological polar surface area (TPSA) is 60.2 Å². The molecule has 0 aliphatic heterocycles. The van der Waals surface area contributed by atoms with E-state index in [4.69, 9.17) is 5.73 Å². The van der Waals surface area contributed by atoms with Crippen molar-refractivity contribution in [2.24, 2.45) is 17.1 Å². The molecule has 0 bridgehead atoms. The molecular formula is C13H27NO2S. The Hall–Kier alpha value is -0.0900. The van der Waals surface area contributed by atoms with Crippen molar-refractivity contribution in [3.63, 3.8) is 0 Å². The number of rotatable bonds is 6. The quantitative estimate of drug-likeness (QED) is 0.798. The molecule has 102 valence electrons. The fourth-order valence-corrected chi connectivity index (χ4v) is 3.63. The smallest absolute Gasteiger partial charge is 0.147 e. The van der Waals surface area contributed by atoms with Crippen LogP contribution in [-0.4, -0.2) is 27.0 Å². The molecular weight excluding hydrogens is 234 g/mol. The number of hydrogen-bond acceptors (Lipinski definition) is 3. The molecule has 0 aromatic heterocycles. The van der Waals surface area contributed by atoms with Crippen molar-refractivity contribution in [2.45, 2.75) is 51.9 Å². The average molecular weight is 261 g/mol. The summed E-state index contributed by atoms with van der Waals surface area (Å²) in [5, 5.41) is 0. The van der Waals surface area contributed by atoms with E-state index < -0.39 is 9.84 Å². The van der Waals surface area contributed by atoms with E-state index in [1.165, 1.54) is 38.4 Å². The lowest BCUT2D eigenvalue weighted by atomic mass is 9.68. The van der Waals surface area contributed by atoms with E-state index in [1.807, 2.05) is 0 Å². The van der Waals surface area contributed by atoms with Gasteiger partial charge in [0, 0.05) is 12.0 Å². The van der Waals surface area contributed by atoms with E-state index in [-0.39, 0.29) is 5.41 Å². The van der Waals surface area contributed by atoms with Crippen LogP contribution in [-0.2, 0) is 9.84 Å². The molecule has 1 saturated carbocycles. The first kappa shape index (κ1) is 15.0. The van der Waals surface area contributed by atoms with E-state index in [9.17, 15) is 8.42 Å². The second kappa shape index (κ2) is 6.19.